The van der Waals surface area contributed by atoms with Gasteiger partial charge in [-0.1, -0.05) is 23.7 Å². The standard InChI is InChI=1S/C16H10BrClN2O2/c17-11-3-7-14-19-16(10-1-4-12(18)5-2-10)13(20(14)9-11)6-8-15(21)22/h1-9H,(H,21,22)/p-1/b8-6+. The van der Waals surface area contributed by atoms with Crippen molar-refractivity contribution in [2.45, 2.75) is 0 Å². The molecule has 4 nitrogen and oxygen atoms in total. The molecule has 0 unspecified atom stereocenters. The average molecular weight is 377 g/mol. The number of pyridine rings is 1. The van der Waals surface area contributed by atoms with Crippen LogP contribution in [0.5, 0.6) is 0 Å². The SMILES string of the molecule is O=C([O-])/C=C/c1c(-c2ccc(Cl)cc2)nc2ccc(Br)cn12. The van der Waals surface area contributed by atoms with E-state index in [1.807, 2.05) is 34.9 Å². The number of carboxylic acid groups (broad SMARTS) is 1. The van der Waals surface area contributed by atoms with Crippen LogP contribution in [-0.2, 0) is 4.79 Å². The molecule has 0 saturated heterocycles. The Kier molecular flexibility index (Phi) is 4.00. The number of aliphatic carboxylic acids is 1. The normalized spacial score (nSPS) is 11.4. The fourth-order valence-electron chi connectivity index (χ4n) is 2.16. The number of carboxylic acids is 1. The van der Waals surface area contributed by atoms with E-state index >= 15 is 0 Å². The van der Waals surface area contributed by atoms with Crippen molar-refractivity contribution in [3.8, 4) is 11.3 Å². The molecule has 6 heteroatoms. The summed E-state index contributed by atoms with van der Waals surface area (Å²) in [7, 11) is 0. The molecule has 0 bridgehead atoms. The van der Waals surface area contributed by atoms with Gasteiger partial charge in [-0.25, -0.2) is 4.98 Å². The van der Waals surface area contributed by atoms with Crippen molar-refractivity contribution in [3.63, 3.8) is 0 Å². The lowest BCUT2D eigenvalue weighted by Crippen LogP contribution is -2.18. The summed E-state index contributed by atoms with van der Waals surface area (Å²) in [6.45, 7) is 0. The molecule has 0 saturated carbocycles. The molecular formula is C16H9BrClN2O2-. The number of carbonyl (C=O) groups excluding carboxylic acids is 1. The van der Waals surface area contributed by atoms with Crippen LogP contribution in [0.4, 0.5) is 0 Å². The van der Waals surface area contributed by atoms with Gasteiger partial charge in [0.05, 0.1) is 17.4 Å². The molecule has 22 heavy (non-hydrogen) atoms. The van der Waals surface area contributed by atoms with Crippen LogP contribution in [0.3, 0.4) is 0 Å². The first kappa shape index (κ1) is 14.8. The van der Waals surface area contributed by atoms with Gasteiger partial charge in [-0.3, -0.25) is 4.40 Å². The topological polar surface area (TPSA) is 57.4 Å². The molecule has 0 aliphatic carbocycles. The van der Waals surface area contributed by atoms with Crippen LogP contribution in [-0.4, -0.2) is 15.4 Å². The maximum atomic E-state index is 10.7. The highest BCUT2D eigenvalue weighted by molar-refractivity contribution is 9.10. The van der Waals surface area contributed by atoms with E-state index in [0.717, 1.165) is 16.1 Å². The van der Waals surface area contributed by atoms with Gasteiger partial charge in [0.15, 0.2) is 0 Å². The third-order valence-electron chi connectivity index (χ3n) is 3.11. The van der Waals surface area contributed by atoms with Crippen molar-refractivity contribution in [2.75, 3.05) is 0 Å². The van der Waals surface area contributed by atoms with Crippen molar-refractivity contribution >= 4 is 45.2 Å². The molecule has 0 radical (unpaired) electrons. The number of hydrogen-bond donors (Lipinski definition) is 0. The summed E-state index contributed by atoms with van der Waals surface area (Å²) in [5.41, 5.74) is 2.89. The summed E-state index contributed by atoms with van der Waals surface area (Å²) in [6, 6.07) is 10.9. The molecule has 2 aromatic heterocycles. The molecule has 3 rings (SSSR count). The highest BCUT2D eigenvalue weighted by Crippen LogP contribution is 2.27. The largest absolute Gasteiger partial charge is 0.545 e. The van der Waals surface area contributed by atoms with Crippen LogP contribution < -0.4 is 5.11 Å². The quantitative estimate of drug-likeness (QED) is 0.660. The van der Waals surface area contributed by atoms with Crippen LogP contribution in [0.1, 0.15) is 5.69 Å². The number of hydrogen-bond acceptors (Lipinski definition) is 3. The monoisotopic (exact) mass is 375 g/mol. The van der Waals surface area contributed by atoms with Crippen LogP contribution >= 0.6 is 27.5 Å². The van der Waals surface area contributed by atoms with E-state index in [1.54, 1.807) is 12.1 Å². The molecule has 0 fully saturated rings. The minimum atomic E-state index is -1.26. The molecule has 0 N–H and O–H groups in total. The minimum Gasteiger partial charge on any atom is -0.545 e. The number of aromatic nitrogens is 2. The van der Waals surface area contributed by atoms with Gasteiger partial charge >= 0.3 is 0 Å². The predicted molar refractivity (Wildman–Crippen MR) is 87.4 cm³/mol. The van der Waals surface area contributed by atoms with Crippen molar-refractivity contribution < 1.29 is 9.90 Å². The van der Waals surface area contributed by atoms with E-state index in [4.69, 9.17) is 11.6 Å². The second-order valence-electron chi connectivity index (χ2n) is 4.58. The molecule has 0 spiro atoms. The third kappa shape index (κ3) is 2.91. The Balaban J connectivity index is 2.26. The van der Waals surface area contributed by atoms with Gasteiger partial charge in [-0.05, 0) is 52.3 Å². The molecule has 110 valence electrons. The van der Waals surface area contributed by atoms with Crippen molar-refractivity contribution in [3.05, 3.63) is 63.9 Å². The summed E-state index contributed by atoms with van der Waals surface area (Å²) in [4.78, 5) is 15.3. The third-order valence-corrected chi connectivity index (χ3v) is 3.84. The maximum absolute atomic E-state index is 10.7. The van der Waals surface area contributed by atoms with Gasteiger partial charge in [0, 0.05) is 21.3 Å². The molecule has 2 heterocycles. The molecule has 0 aliphatic rings. The Hall–Kier alpha value is -2.11. The zero-order valence-corrected chi connectivity index (χ0v) is 13.5. The number of imidazole rings is 1. The number of nitrogens with zero attached hydrogens (tertiary/aromatic N) is 2. The molecule has 0 atom stereocenters. The summed E-state index contributed by atoms with van der Waals surface area (Å²) < 4.78 is 2.68. The Morgan fingerprint density at radius 1 is 1.23 bits per heavy atom. The number of benzene rings is 1. The number of fused-ring (bicyclic) bond motifs is 1. The lowest BCUT2D eigenvalue weighted by Gasteiger charge is -2.02. The first-order valence-corrected chi connectivity index (χ1v) is 7.54. The average Bonchev–Trinajstić information content (AvgIpc) is 2.83. The zero-order chi connectivity index (χ0) is 15.7. The minimum absolute atomic E-state index is 0.627. The summed E-state index contributed by atoms with van der Waals surface area (Å²) in [5.74, 6) is -1.26. The summed E-state index contributed by atoms with van der Waals surface area (Å²) in [6.07, 6.45) is 4.30. The first-order chi connectivity index (χ1) is 10.5. The zero-order valence-electron chi connectivity index (χ0n) is 11.2. The molecular weight excluding hydrogens is 368 g/mol. The molecule has 0 aliphatic heterocycles. The highest BCUT2D eigenvalue weighted by Gasteiger charge is 2.12. The number of halogens is 2. The Morgan fingerprint density at radius 2 is 1.95 bits per heavy atom. The van der Waals surface area contributed by atoms with Crippen molar-refractivity contribution in [2.24, 2.45) is 0 Å². The first-order valence-electron chi connectivity index (χ1n) is 6.37. The molecule has 3 aromatic rings. The van der Waals surface area contributed by atoms with E-state index in [2.05, 4.69) is 20.9 Å². The van der Waals surface area contributed by atoms with Crippen LogP contribution in [0, 0.1) is 0 Å². The van der Waals surface area contributed by atoms with Gasteiger partial charge in [0.25, 0.3) is 0 Å². The summed E-state index contributed by atoms with van der Waals surface area (Å²) in [5, 5.41) is 11.4. The fraction of sp³-hybridized carbons (Fsp3) is 0. The second-order valence-corrected chi connectivity index (χ2v) is 5.93. The van der Waals surface area contributed by atoms with E-state index in [1.165, 1.54) is 6.08 Å². The van der Waals surface area contributed by atoms with Gasteiger partial charge in [0.2, 0.25) is 0 Å². The number of carbonyl (C=O) groups is 1. The molecule has 1 aromatic carbocycles. The maximum Gasteiger partial charge on any atom is 0.138 e. The van der Waals surface area contributed by atoms with Crippen LogP contribution in [0.25, 0.3) is 23.0 Å². The van der Waals surface area contributed by atoms with Gasteiger partial charge in [-0.2, -0.15) is 0 Å². The Labute approximate surface area is 139 Å². The lowest BCUT2D eigenvalue weighted by atomic mass is 10.1. The Morgan fingerprint density at radius 3 is 2.64 bits per heavy atom. The predicted octanol–water partition coefficient (Wildman–Crippen LogP) is 3.18. The van der Waals surface area contributed by atoms with Crippen LogP contribution in [0.15, 0.2) is 53.1 Å². The van der Waals surface area contributed by atoms with Gasteiger partial charge in [-0.15, -0.1) is 0 Å². The van der Waals surface area contributed by atoms with E-state index in [0.29, 0.717) is 22.1 Å². The highest BCUT2D eigenvalue weighted by atomic mass is 79.9. The van der Waals surface area contributed by atoms with Gasteiger partial charge < -0.3 is 9.90 Å². The summed E-state index contributed by atoms with van der Waals surface area (Å²) >= 11 is 9.31. The molecule has 0 amide bonds. The van der Waals surface area contributed by atoms with Crippen molar-refractivity contribution in [1.29, 1.82) is 0 Å². The number of rotatable bonds is 3. The van der Waals surface area contributed by atoms with E-state index in [9.17, 15) is 9.90 Å². The smallest absolute Gasteiger partial charge is 0.138 e. The fourth-order valence-corrected chi connectivity index (χ4v) is 2.63. The van der Waals surface area contributed by atoms with E-state index in [-0.39, 0.29) is 0 Å². The van der Waals surface area contributed by atoms with E-state index < -0.39 is 5.97 Å². The van der Waals surface area contributed by atoms with Gasteiger partial charge in [0.1, 0.15) is 5.65 Å². The van der Waals surface area contributed by atoms with Crippen molar-refractivity contribution in [1.82, 2.24) is 9.38 Å². The second kappa shape index (κ2) is 5.94. The Bertz CT molecular complexity index is 885. The van der Waals surface area contributed by atoms with Crippen LogP contribution in [0.2, 0.25) is 5.02 Å². The lowest BCUT2D eigenvalue weighted by molar-refractivity contribution is -0.297.